The van der Waals surface area contributed by atoms with Gasteiger partial charge in [-0.2, -0.15) is 13.2 Å². The van der Waals surface area contributed by atoms with Gasteiger partial charge in [-0.1, -0.05) is 51.1 Å². The second kappa shape index (κ2) is 10.1. The summed E-state index contributed by atoms with van der Waals surface area (Å²) in [6.07, 6.45) is -3.34. The molecule has 2 aromatic carbocycles. The van der Waals surface area contributed by atoms with Gasteiger partial charge >= 0.3 is 12.1 Å². The average molecular weight is 469 g/mol. The van der Waals surface area contributed by atoms with Crippen molar-refractivity contribution in [2.75, 3.05) is 0 Å². The summed E-state index contributed by atoms with van der Waals surface area (Å²) < 4.78 is 61.5. The third-order valence-corrected chi connectivity index (χ3v) is 4.66. The van der Waals surface area contributed by atoms with E-state index in [0.717, 1.165) is 23.8 Å². The first-order valence-corrected chi connectivity index (χ1v) is 9.82. The Bertz CT molecular complexity index is 1090. The number of halogens is 5. The molecule has 5 nitrogen and oxygen atoms in total. The van der Waals surface area contributed by atoms with Gasteiger partial charge in [0.1, 0.15) is 17.5 Å². The van der Waals surface area contributed by atoms with Crippen molar-refractivity contribution >= 4 is 5.97 Å². The zero-order valence-corrected chi connectivity index (χ0v) is 18.2. The fourth-order valence-electron chi connectivity index (χ4n) is 2.80. The highest BCUT2D eigenvalue weighted by Crippen LogP contribution is 2.32. The van der Waals surface area contributed by atoms with Gasteiger partial charge in [-0.15, -0.1) is 0 Å². The molecule has 3 N–H and O–H groups in total. The van der Waals surface area contributed by atoms with Crippen LogP contribution in [0.2, 0.25) is 0 Å². The highest BCUT2D eigenvalue weighted by atomic mass is 19.4. The van der Waals surface area contributed by atoms with Crippen LogP contribution in [-0.4, -0.2) is 26.8 Å². The van der Waals surface area contributed by atoms with E-state index in [9.17, 15) is 22.0 Å². The maximum absolute atomic E-state index is 14.2. The van der Waals surface area contributed by atoms with E-state index in [-0.39, 0.29) is 17.0 Å². The van der Waals surface area contributed by atoms with E-state index >= 15 is 0 Å². The SMILES string of the molecule is CC(C)(C)[C@@H](N)c1nc(-c2cc(F)ccc2F)cn1Cc1ccccc1.O=C(O)C(F)(F)F. The zero-order valence-electron chi connectivity index (χ0n) is 18.2. The number of carboxylic acid groups (broad SMARTS) is 1. The molecule has 1 aromatic heterocycles. The topological polar surface area (TPSA) is 81.1 Å². The van der Waals surface area contributed by atoms with Crippen LogP contribution in [0.1, 0.15) is 38.2 Å². The van der Waals surface area contributed by atoms with Crippen LogP contribution in [0.4, 0.5) is 22.0 Å². The van der Waals surface area contributed by atoms with Crippen LogP contribution >= 0.6 is 0 Å². The Hall–Kier alpha value is -3.27. The summed E-state index contributed by atoms with van der Waals surface area (Å²) >= 11 is 0. The number of nitrogens with zero attached hydrogens (tertiary/aromatic N) is 2. The number of imidazole rings is 1. The van der Waals surface area contributed by atoms with Crippen molar-refractivity contribution in [3.8, 4) is 11.3 Å². The summed E-state index contributed by atoms with van der Waals surface area (Å²) in [5.41, 5.74) is 7.81. The van der Waals surface area contributed by atoms with Crippen molar-refractivity contribution < 1.29 is 31.9 Å². The van der Waals surface area contributed by atoms with Gasteiger partial charge in [-0.05, 0) is 29.2 Å². The Morgan fingerprint density at radius 2 is 1.67 bits per heavy atom. The van der Waals surface area contributed by atoms with Gasteiger partial charge in [0.25, 0.3) is 0 Å². The number of carboxylic acids is 1. The van der Waals surface area contributed by atoms with Crippen LogP contribution in [0, 0.1) is 17.0 Å². The molecule has 10 heteroatoms. The molecule has 0 aliphatic carbocycles. The Labute approximate surface area is 187 Å². The molecule has 0 aliphatic heterocycles. The summed E-state index contributed by atoms with van der Waals surface area (Å²) in [7, 11) is 0. The maximum atomic E-state index is 14.2. The van der Waals surface area contributed by atoms with E-state index < -0.39 is 23.8 Å². The number of benzene rings is 2. The predicted molar refractivity (Wildman–Crippen MR) is 113 cm³/mol. The number of hydrogen-bond donors (Lipinski definition) is 2. The summed E-state index contributed by atoms with van der Waals surface area (Å²) in [6, 6.07) is 12.9. The number of hydrogen-bond acceptors (Lipinski definition) is 3. The van der Waals surface area contributed by atoms with Crippen LogP contribution in [0.25, 0.3) is 11.3 Å². The standard InChI is InChI=1S/C21H23F2N3.C2HF3O2/c1-21(2,3)19(24)20-25-18(16-11-15(22)9-10-17(16)23)13-26(20)12-14-7-5-4-6-8-14;3-2(4,5)1(6)7/h4-11,13,19H,12,24H2,1-3H3;(H,6,7)/t19-;/m0./s1. The molecular weight excluding hydrogens is 445 g/mol. The van der Waals surface area contributed by atoms with Crippen LogP contribution in [0.15, 0.2) is 54.7 Å². The molecule has 0 radical (unpaired) electrons. The zero-order chi connectivity index (χ0) is 25.0. The second-order valence-electron chi connectivity index (χ2n) is 8.37. The van der Waals surface area contributed by atoms with E-state index in [2.05, 4.69) is 4.98 Å². The first kappa shape index (κ1) is 26.0. The van der Waals surface area contributed by atoms with Gasteiger partial charge in [0.2, 0.25) is 0 Å². The van der Waals surface area contributed by atoms with Gasteiger partial charge in [0, 0.05) is 18.3 Å². The molecule has 3 rings (SSSR count). The molecular formula is C23H24F5N3O2. The third kappa shape index (κ3) is 7.11. The number of aromatic nitrogens is 2. The van der Waals surface area contributed by atoms with E-state index in [0.29, 0.717) is 18.1 Å². The van der Waals surface area contributed by atoms with Crippen molar-refractivity contribution in [1.29, 1.82) is 0 Å². The van der Waals surface area contributed by atoms with Gasteiger partial charge in [0.15, 0.2) is 0 Å². The fraction of sp³-hybridized carbons (Fsp3) is 0.304. The van der Waals surface area contributed by atoms with Gasteiger partial charge in [-0.3, -0.25) is 0 Å². The van der Waals surface area contributed by atoms with E-state index in [1.165, 1.54) is 0 Å². The second-order valence-corrected chi connectivity index (χ2v) is 8.37. The summed E-state index contributed by atoms with van der Waals surface area (Å²) in [6.45, 7) is 6.65. The van der Waals surface area contributed by atoms with Crippen LogP contribution in [-0.2, 0) is 11.3 Å². The predicted octanol–water partition coefficient (Wildman–Crippen LogP) is 5.56. The van der Waals surface area contributed by atoms with Gasteiger partial charge in [0.05, 0.1) is 11.7 Å². The summed E-state index contributed by atoms with van der Waals surface area (Å²) in [4.78, 5) is 13.5. The molecule has 0 fully saturated rings. The average Bonchev–Trinajstić information content (AvgIpc) is 3.12. The molecule has 0 bridgehead atoms. The lowest BCUT2D eigenvalue weighted by Crippen LogP contribution is -2.29. The highest BCUT2D eigenvalue weighted by Gasteiger charge is 2.38. The largest absolute Gasteiger partial charge is 0.490 e. The molecule has 0 aliphatic rings. The first-order chi connectivity index (χ1) is 15.2. The number of nitrogens with two attached hydrogens (primary N) is 1. The fourth-order valence-corrected chi connectivity index (χ4v) is 2.80. The van der Waals surface area contributed by atoms with E-state index in [1.807, 2.05) is 55.7 Å². The quantitative estimate of drug-likeness (QED) is 0.491. The van der Waals surface area contributed by atoms with Crippen molar-refractivity contribution in [3.63, 3.8) is 0 Å². The van der Waals surface area contributed by atoms with Crippen LogP contribution in [0.5, 0.6) is 0 Å². The molecule has 3 aromatic rings. The Morgan fingerprint density at radius 1 is 1.09 bits per heavy atom. The number of carbonyl (C=O) groups is 1. The lowest BCUT2D eigenvalue weighted by molar-refractivity contribution is -0.192. The molecule has 0 saturated carbocycles. The summed E-state index contributed by atoms with van der Waals surface area (Å²) in [5, 5.41) is 7.12. The van der Waals surface area contributed by atoms with Crippen LogP contribution in [0.3, 0.4) is 0 Å². The molecule has 0 unspecified atom stereocenters. The smallest absolute Gasteiger partial charge is 0.475 e. The number of rotatable bonds is 4. The third-order valence-electron chi connectivity index (χ3n) is 4.66. The minimum absolute atomic E-state index is 0.138. The van der Waals surface area contributed by atoms with Crippen molar-refractivity contribution in [3.05, 3.63) is 77.8 Å². The Kier molecular flexibility index (Phi) is 7.97. The maximum Gasteiger partial charge on any atom is 0.490 e. The number of aliphatic carboxylic acids is 1. The highest BCUT2D eigenvalue weighted by molar-refractivity contribution is 5.73. The molecule has 1 atom stereocenters. The molecule has 0 amide bonds. The molecule has 178 valence electrons. The van der Waals surface area contributed by atoms with Crippen molar-refractivity contribution in [1.82, 2.24) is 9.55 Å². The Balaban J connectivity index is 0.000000479. The van der Waals surface area contributed by atoms with Gasteiger partial charge < -0.3 is 15.4 Å². The van der Waals surface area contributed by atoms with Gasteiger partial charge in [-0.25, -0.2) is 18.6 Å². The number of alkyl halides is 3. The monoisotopic (exact) mass is 469 g/mol. The normalized spacial score (nSPS) is 12.6. The van der Waals surface area contributed by atoms with Crippen molar-refractivity contribution in [2.45, 2.75) is 39.5 Å². The van der Waals surface area contributed by atoms with E-state index in [1.54, 1.807) is 6.20 Å². The van der Waals surface area contributed by atoms with Crippen LogP contribution < -0.4 is 5.73 Å². The lowest BCUT2D eigenvalue weighted by Gasteiger charge is -2.27. The molecule has 33 heavy (non-hydrogen) atoms. The Morgan fingerprint density at radius 3 is 2.18 bits per heavy atom. The first-order valence-electron chi connectivity index (χ1n) is 9.82. The van der Waals surface area contributed by atoms with Crippen molar-refractivity contribution in [2.24, 2.45) is 11.1 Å². The molecule has 0 spiro atoms. The van der Waals surface area contributed by atoms with E-state index in [4.69, 9.17) is 15.6 Å². The summed E-state index contributed by atoms with van der Waals surface area (Å²) in [5.74, 6) is -3.11. The molecule has 0 saturated heterocycles. The molecule has 1 heterocycles. The lowest BCUT2D eigenvalue weighted by atomic mass is 9.87. The minimum atomic E-state index is -5.08. The minimum Gasteiger partial charge on any atom is -0.475 e.